The van der Waals surface area contributed by atoms with Crippen LogP contribution in [-0.4, -0.2) is 62.9 Å². The van der Waals surface area contributed by atoms with E-state index in [-0.39, 0.29) is 6.04 Å². The third-order valence-corrected chi connectivity index (χ3v) is 3.68. The maximum absolute atomic E-state index is 11.1. The number of aryl methyl sites for hydroxylation is 1. The molecule has 0 saturated carbocycles. The van der Waals surface area contributed by atoms with Crippen molar-refractivity contribution in [3.05, 3.63) is 18.0 Å². The highest BCUT2D eigenvalue weighted by Gasteiger charge is 2.27. The van der Waals surface area contributed by atoms with Crippen LogP contribution in [0.5, 0.6) is 0 Å². The summed E-state index contributed by atoms with van der Waals surface area (Å²) in [5, 5.41) is 13.3. The van der Waals surface area contributed by atoms with Crippen molar-refractivity contribution in [3.63, 3.8) is 0 Å². The highest BCUT2D eigenvalue weighted by molar-refractivity contribution is 5.73. The topological polar surface area (TPSA) is 61.6 Å². The van der Waals surface area contributed by atoms with Gasteiger partial charge >= 0.3 is 5.97 Å². The Balaban J connectivity index is 1.83. The van der Waals surface area contributed by atoms with Crippen LogP contribution < -0.4 is 0 Å². The van der Waals surface area contributed by atoms with E-state index in [0.29, 0.717) is 6.42 Å². The Morgan fingerprint density at radius 2 is 2.11 bits per heavy atom. The predicted octanol–water partition coefficient (Wildman–Crippen LogP) is 0.401. The van der Waals surface area contributed by atoms with Crippen molar-refractivity contribution in [1.82, 2.24) is 19.6 Å². The summed E-state index contributed by atoms with van der Waals surface area (Å²) in [7, 11) is 1.92. The van der Waals surface area contributed by atoms with E-state index in [1.54, 1.807) is 0 Å². The molecule has 19 heavy (non-hydrogen) atoms. The van der Waals surface area contributed by atoms with E-state index >= 15 is 0 Å². The molecule has 1 aliphatic rings. The molecule has 1 N–H and O–H groups in total. The summed E-state index contributed by atoms with van der Waals surface area (Å²) in [6, 6.07) is -0.333. The molecule has 1 fully saturated rings. The van der Waals surface area contributed by atoms with Gasteiger partial charge in [0.2, 0.25) is 0 Å². The minimum absolute atomic E-state index is 0.333. The zero-order valence-electron chi connectivity index (χ0n) is 11.6. The van der Waals surface area contributed by atoms with Crippen molar-refractivity contribution in [2.24, 2.45) is 7.05 Å². The smallest absolute Gasteiger partial charge is 0.320 e. The highest BCUT2D eigenvalue weighted by atomic mass is 16.4. The van der Waals surface area contributed by atoms with E-state index in [4.69, 9.17) is 5.11 Å². The fraction of sp³-hybridized carbons (Fsp3) is 0.692. The van der Waals surface area contributed by atoms with E-state index in [1.165, 1.54) is 5.56 Å². The maximum Gasteiger partial charge on any atom is 0.320 e. The summed E-state index contributed by atoms with van der Waals surface area (Å²) >= 11 is 0. The van der Waals surface area contributed by atoms with E-state index in [2.05, 4.69) is 14.9 Å². The second-order valence-corrected chi connectivity index (χ2v) is 5.10. The van der Waals surface area contributed by atoms with Gasteiger partial charge in [-0.2, -0.15) is 5.10 Å². The molecule has 1 aliphatic heterocycles. The van der Waals surface area contributed by atoms with E-state index in [1.807, 2.05) is 31.0 Å². The van der Waals surface area contributed by atoms with Crippen molar-refractivity contribution in [1.29, 1.82) is 0 Å². The van der Waals surface area contributed by atoms with Crippen molar-refractivity contribution in [3.8, 4) is 0 Å². The first-order chi connectivity index (χ1) is 9.10. The molecule has 1 unspecified atom stereocenters. The monoisotopic (exact) mass is 266 g/mol. The Morgan fingerprint density at radius 1 is 1.42 bits per heavy atom. The average Bonchev–Trinajstić information content (AvgIpc) is 2.77. The quantitative estimate of drug-likeness (QED) is 0.836. The zero-order chi connectivity index (χ0) is 13.8. The van der Waals surface area contributed by atoms with Crippen LogP contribution in [0.3, 0.4) is 0 Å². The Labute approximate surface area is 113 Å². The zero-order valence-corrected chi connectivity index (χ0v) is 11.6. The minimum atomic E-state index is -0.705. The Morgan fingerprint density at radius 3 is 2.58 bits per heavy atom. The summed E-state index contributed by atoms with van der Waals surface area (Å²) in [4.78, 5) is 15.6. The van der Waals surface area contributed by atoms with Gasteiger partial charge in [0.1, 0.15) is 6.04 Å². The second kappa shape index (κ2) is 6.16. The third kappa shape index (κ3) is 3.54. The fourth-order valence-corrected chi connectivity index (χ4v) is 2.63. The largest absolute Gasteiger partial charge is 0.480 e. The molecule has 2 heterocycles. The first-order valence-electron chi connectivity index (χ1n) is 6.77. The predicted molar refractivity (Wildman–Crippen MR) is 71.8 cm³/mol. The fourth-order valence-electron chi connectivity index (χ4n) is 2.63. The van der Waals surface area contributed by atoms with Crippen molar-refractivity contribution >= 4 is 5.97 Å². The van der Waals surface area contributed by atoms with Gasteiger partial charge in [0.15, 0.2) is 0 Å². The third-order valence-electron chi connectivity index (χ3n) is 3.68. The molecule has 0 radical (unpaired) electrons. The standard InChI is InChI=1S/C13H22N4O2/c1-3-12(13(18)19)17-6-4-16(5-7-17)10-11-8-14-15(2)9-11/h8-9,12H,3-7,10H2,1-2H3,(H,18,19). The Bertz CT molecular complexity index is 424. The minimum Gasteiger partial charge on any atom is -0.480 e. The molecule has 1 aromatic rings. The van der Waals surface area contributed by atoms with Crippen LogP contribution >= 0.6 is 0 Å². The van der Waals surface area contributed by atoms with Crippen molar-refractivity contribution < 1.29 is 9.90 Å². The summed E-state index contributed by atoms with van der Waals surface area (Å²) < 4.78 is 1.81. The normalized spacial score (nSPS) is 19.5. The van der Waals surface area contributed by atoms with Crippen LogP contribution in [0.4, 0.5) is 0 Å². The van der Waals surface area contributed by atoms with Gasteiger partial charge in [-0.1, -0.05) is 6.92 Å². The molecule has 0 aliphatic carbocycles. The lowest BCUT2D eigenvalue weighted by Gasteiger charge is -2.37. The van der Waals surface area contributed by atoms with Gasteiger partial charge in [-0.25, -0.2) is 0 Å². The molecule has 1 atom stereocenters. The lowest BCUT2D eigenvalue weighted by atomic mass is 10.1. The molecular weight excluding hydrogens is 244 g/mol. The Hall–Kier alpha value is -1.40. The molecule has 0 spiro atoms. The van der Waals surface area contributed by atoms with Gasteiger partial charge in [0.25, 0.3) is 0 Å². The molecule has 1 aromatic heterocycles. The molecule has 2 rings (SSSR count). The van der Waals surface area contributed by atoms with Crippen LogP contribution in [-0.2, 0) is 18.4 Å². The Kier molecular flexibility index (Phi) is 4.55. The van der Waals surface area contributed by atoms with Crippen LogP contribution in [0.2, 0.25) is 0 Å². The second-order valence-electron chi connectivity index (χ2n) is 5.10. The van der Waals surface area contributed by atoms with Crippen molar-refractivity contribution in [2.45, 2.75) is 25.9 Å². The molecule has 0 bridgehead atoms. The van der Waals surface area contributed by atoms with Gasteiger partial charge in [0, 0.05) is 51.5 Å². The SMILES string of the molecule is CCC(C(=O)O)N1CCN(Cc2cnn(C)c2)CC1. The van der Waals surface area contributed by atoms with Gasteiger partial charge in [-0.05, 0) is 6.42 Å². The van der Waals surface area contributed by atoms with Crippen LogP contribution in [0, 0.1) is 0 Å². The van der Waals surface area contributed by atoms with E-state index in [9.17, 15) is 4.79 Å². The number of hydrogen-bond acceptors (Lipinski definition) is 4. The number of hydrogen-bond donors (Lipinski definition) is 1. The summed E-state index contributed by atoms with van der Waals surface area (Å²) in [5.74, 6) is -0.705. The number of carboxylic acids is 1. The molecule has 6 heteroatoms. The number of aliphatic carboxylic acids is 1. The van der Waals surface area contributed by atoms with Gasteiger partial charge < -0.3 is 5.11 Å². The lowest BCUT2D eigenvalue weighted by molar-refractivity contribution is -0.144. The maximum atomic E-state index is 11.1. The number of carbonyl (C=O) groups is 1. The highest BCUT2D eigenvalue weighted by Crippen LogP contribution is 2.12. The van der Waals surface area contributed by atoms with Gasteiger partial charge in [-0.3, -0.25) is 19.3 Å². The van der Waals surface area contributed by atoms with Crippen LogP contribution in [0.15, 0.2) is 12.4 Å². The number of nitrogens with zero attached hydrogens (tertiary/aromatic N) is 4. The number of piperazine rings is 1. The van der Waals surface area contributed by atoms with Gasteiger partial charge in [-0.15, -0.1) is 0 Å². The number of rotatable bonds is 5. The van der Waals surface area contributed by atoms with Crippen LogP contribution in [0.1, 0.15) is 18.9 Å². The average molecular weight is 266 g/mol. The molecule has 0 amide bonds. The first-order valence-corrected chi connectivity index (χ1v) is 6.77. The van der Waals surface area contributed by atoms with E-state index < -0.39 is 5.97 Å². The first kappa shape index (κ1) is 14.0. The summed E-state index contributed by atoms with van der Waals surface area (Å²) in [5.41, 5.74) is 1.21. The molecule has 0 aromatic carbocycles. The molecule has 6 nitrogen and oxygen atoms in total. The number of aromatic nitrogens is 2. The molecule has 1 saturated heterocycles. The molecule has 106 valence electrons. The summed E-state index contributed by atoms with van der Waals surface area (Å²) in [6.45, 7) is 6.31. The van der Waals surface area contributed by atoms with Gasteiger partial charge in [0.05, 0.1) is 6.20 Å². The molecular formula is C13H22N4O2. The summed E-state index contributed by atoms with van der Waals surface area (Å²) in [6.07, 6.45) is 4.58. The van der Waals surface area contributed by atoms with E-state index in [0.717, 1.165) is 32.7 Å². The van der Waals surface area contributed by atoms with Crippen LogP contribution in [0.25, 0.3) is 0 Å². The number of carboxylic acid groups (broad SMARTS) is 1. The lowest BCUT2D eigenvalue weighted by Crippen LogP contribution is -2.52. The van der Waals surface area contributed by atoms with Crippen molar-refractivity contribution in [2.75, 3.05) is 26.2 Å².